The molecule has 5 atom stereocenters. The quantitative estimate of drug-likeness (QED) is 0.0146. The smallest absolute Gasteiger partial charge is 0.463 e. The van der Waals surface area contributed by atoms with Crippen LogP contribution in [-0.2, 0) is 55.8 Å². The predicted octanol–water partition coefficient (Wildman–Crippen LogP) is 20.9. The second-order valence-corrected chi connectivity index (χ2v) is 27.6. The van der Waals surface area contributed by atoms with Crippen molar-refractivity contribution in [2.75, 3.05) is 39.6 Å². The highest BCUT2D eigenvalue weighted by atomic mass is 31.2. The van der Waals surface area contributed by atoms with E-state index in [9.17, 15) is 43.5 Å². The molecule has 0 spiro atoms. The van der Waals surface area contributed by atoms with Crippen LogP contribution in [0.15, 0.2) is 85.1 Å². The Morgan fingerprint density at radius 2 is 0.570 bits per heavy atom. The van der Waals surface area contributed by atoms with Gasteiger partial charge in [0.2, 0.25) is 0 Å². The lowest BCUT2D eigenvalue weighted by molar-refractivity contribution is -0.161. The molecule has 0 saturated heterocycles. The molecule has 0 radical (unpaired) electrons. The lowest BCUT2D eigenvalue weighted by Crippen LogP contribution is -2.30. The molecule has 4 N–H and O–H groups in total. The summed E-state index contributed by atoms with van der Waals surface area (Å²) in [5.74, 6) is -1.58. The number of aliphatic hydroxyl groups is 2. The van der Waals surface area contributed by atoms with Crippen LogP contribution in [0.1, 0.15) is 316 Å². The number of carbonyl (C=O) groups excluding carboxylic acids is 3. The zero-order valence-electron chi connectivity index (χ0n) is 58.7. The van der Waals surface area contributed by atoms with Gasteiger partial charge in [-0.15, -0.1) is 0 Å². The normalized spacial score (nSPS) is 14.6. The molecule has 0 aromatic carbocycles. The van der Waals surface area contributed by atoms with E-state index in [0.717, 1.165) is 135 Å². The molecule has 540 valence electrons. The first-order valence-corrected chi connectivity index (χ1v) is 39.9. The number of carbonyl (C=O) groups is 3. The lowest BCUT2D eigenvalue weighted by Gasteiger charge is -2.21. The molecule has 0 bridgehead atoms. The third-order valence-corrected chi connectivity index (χ3v) is 17.5. The Morgan fingerprint density at radius 1 is 0.312 bits per heavy atom. The molecule has 0 rings (SSSR count). The van der Waals surface area contributed by atoms with Crippen molar-refractivity contribution in [3.63, 3.8) is 0 Å². The Bertz CT molecular complexity index is 2040. The van der Waals surface area contributed by atoms with Crippen molar-refractivity contribution < 1.29 is 75.8 Å². The summed E-state index contributed by atoms with van der Waals surface area (Å²) in [6.45, 7) is 2.54. The SMILES string of the molecule is CC/C=C\C/C=C\C/C=C\C/C=C\C/C=C\CCCCCCCCCCCCCCCC(=O)OCC(O)COP(=O)(O)OCC(O)COP(=O)(O)OCC(COC(=O)CCCCCCC/C=C\CCCCCCCC)OC(=O)CCCCCCC/C=C\CCCCCC. The van der Waals surface area contributed by atoms with Crippen molar-refractivity contribution in [1.82, 2.24) is 0 Å². The van der Waals surface area contributed by atoms with Crippen molar-refractivity contribution in [3.8, 4) is 0 Å². The van der Waals surface area contributed by atoms with Crippen molar-refractivity contribution in [1.29, 1.82) is 0 Å². The van der Waals surface area contributed by atoms with Crippen LogP contribution in [0.3, 0.4) is 0 Å². The van der Waals surface area contributed by atoms with Gasteiger partial charge in [0.1, 0.15) is 25.4 Å². The highest BCUT2D eigenvalue weighted by Crippen LogP contribution is 2.45. The summed E-state index contributed by atoms with van der Waals surface area (Å²) >= 11 is 0. The fraction of sp³-hybridized carbons (Fsp3) is 0.773. The topological polar surface area (TPSA) is 231 Å². The molecular formula is C75H134O16P2. The van der Waals surface area contributed by atoms with Crippen molar-refractivity contribution in [2.45, 2.75) is 334 Å². The van der Waals surface area contributed by atoms with Crippen LogP contribution < -0.4 is 0 Å². The van der Waals surface area contributed by atoms with E-state index < -0.39 is 91.5 Å². The molecule has 0 heterocycles. The predicted molar refractivity (Wildman–Crippen MR) is 381 cm³/mol. The Balaban J connectivity index is 4.44. The van der Waals surface area contributed by atoms with E-state index in [2.05, 4.69) is 106 Å². The molecule has 0 aliphatic carbocycles. The number of esters is 3. The average Bonchev–Trinajstić information content (AvgIpc) is 2.91. The highest BCUT2D eigenvalue weighted by molar-refractivity contribution is 7.47. The minimum absolute atomic E-state index is 0.0954. The average molecular weight is 1350 g/mol. The number of rotatable bonds is 70. The van der Waals surface area contributed by atoms with Crippen LogP contribution in [-0.4, -0.2) is 95.9 Å². The molecule has 0 aliphatic heterocycles. The maximum absolute atomic E-state index is 12.9. The van der Waals surface area contributed by atoms with Crippen LogP contribution in [0.4, 0.5) is 0 Å². The Kier molecular flexibility index (Phi) is 66.2. The zero-order chi connectivity index (χ0) is 68.1. The third-order valence-electron chi connectivity index (χ3n) is 15.6. The minimum atomic E-state index is -4.92. The van der Waals surface area contributed by atoms with Gasteiger partial charge in [-0.2, -0.15) is 0 Å². The molecule has 0 saturated carbocycles. The summed E-state index contributed by atoms with van der Waals surface area (Å²) in [4.78, 5) is 58.4. The summed E-state index contributed by atoms with van der Waals surface area (Å²) in [6.07, 6.45) is 75.0. The summed E-state index contributed by atoms with van der Waals surface area (Å²) in [5.41, 5.74) is 0. The molecular weight excluding hydrogens is 1220 g/mol. The van der Waals surface area contributed by atoms with Gasteiger partial charge < -0.3 is 34.2 Å². The van der Waals surface area contributed by atoms with Gasteiger partial charge >= 0.3 is 33.6 Å². The number of hydrogen-bond acceptors (Lipinski definition) is 14. The van der Waals surface area contributed by atoms with E-state index in [4.69, 9.17) is 32.3 Å². The van der Waals surface area contributed by atoms with Gasteiger partial charge in [0.25, 0.3) is 0 Å². The Hall–Kier alpha value is -3.27. The van der Waals surface area contributed by atoms with E-state index in [0.29, 0.717) is 19.3 Å². The van der Waals surface area contributed by atoms with Gasteiger partial charge in [-0.3, -0.25) is 32.5 Å². The molecule has 0 amide bonds. The van der Waals surface area contributed by atoms with Gasteiger partial charge in [0.15, 0.2) is 6.10 Å². The van der Waals surface area contributed by atoms with Gasteiger partial charge in [-0.1, -0.05) is 266 Å². The molecule has 18 heteroatoms. The first-order valence-electron chi connectivity index (χ1n) is 36.9. The van der Waals surface area contributed by atoms with E-state index in [-0.39, 0.29) is 19.3 Å². The zero-order valence-corrected chi connectivity index (χ0v) is 60.5. The molecule has 93 heavy (non-hydrogen) atoms. The van der Waals surface area contributed by atoms with E-state index >= 15 is 0 Å². The number of phosphoric acid groups is 2. The number of ether oxygens (including phenoxy) is 3. The molecule has 16 nitrogen and oxygen atoms in total. The summed E-state index contributed by atoms with van der Waals surface area (Å²) in [5, 5.41) is 20.6. The van der Waals surface area contributed by atoms with Crippen molar-refractivity contribution in [2.24, 2.45) is 0 Å². The number of unbranched alkanes of at least 4 members (excludes halogenated alkanes) is 33. The minimum Gasteiger partial charge on any atom is -0.463 e. The van der Waals surface area contributed by atoms with E-state index in [1.54, 1.807) is 0 Å². The maximum atomic E-state index is 12.9. The van der Waals surface area contributed by atoms with Crippen LogP contribution >= 0.6 is 15.6 Å². The fourth-order valence-electron chi connectivity index (χ4n) is 9.94. The number of hydrogen-bond donors (Lipinski definition) is 4. The second kappa shape index (κ2) is 68.7. The molecule has 5 unspecified atom stereocenters. The molecule has 0 aromatic rings. The molecule has 0 fully saturated rings. The molecule has 0 aliphatic rings. The Morgan fingerprint density at radius 3 is 0.925 bits per heavy atom. The van der Waals surface area contributed by atoms with Gasteiger partial charge in [-0.25, -0.2) is 9.13 Å². The monoisotopic (exact) mass is 1350 g/mol. The number of phosphoric ester groups is 2. The van der Waals surface area contributed by atoms with E-state index in [1.807, 2.05) is 0 Å². The van der Waals surface area contributed by atoms with Crippen molar-refractivity contribution in [3.05, 3.63) is 85.1 Å². The summed E-state index contributed by atoms with van der Waals surface area (Å²) < 4.78 is 60.9. The van der Waals surface area contributed by atoms with Crippen LogP contribution in [0.5, 0.6) is 0 Å². The highest BCUT2D eigenvalue weighted by Gasteiger charge is 2.29. The molecule has 0 aromatic heterocycles. The van der Waals surface area contributed by atoms with Gasteiger partial charge in [-0.05, 0) is 116 Å². The fourth-order valence-corrected chi connectivity index (χ4v) is 11.5. The summed E-state index contributed by atoms with van der Waals surface area (Å²) in [6, 6.07) is 0. The van der Waals surface area contributed by atoms with Crippen molar-refractivity contribution >= 4 is 33.6 Å². The first-order chi connectivity index (χ1) is 45.2. The third kappa shape index (κ3) is 69.9. The van der Waals surface area contributed by atoms with Gasteiger partial charge in [0, 0.05) is 19.3 Å². The number of aliphatic hydroxyl groups excluding tert-OH is 2. The standard InChI is InChI=1S/C75H134O16P2/c1-4-7-10-13-16-19-22-25-27-28-29-30-31-32-33-34-35-36-37-38-39-40-42-45-46-49-52-55-58-61-73(78)85-64-70(76)65-87-92(81,82)88-66-71(77)67-89-93(83,84)90-69-72(91-75(80)63-60-57-54-51-48-43-24-21-18-15-12-9-6-3)68-86-74(79)62-59-56-53-50-47-44-41-26-23-20-17-14-11-8-5-2/h7,10,16,19,21,24-27,29-30,32-33,41,70-72,76-77H,4-6,8-9,11-15,17-18,20,22-23,28,31,34-40,42-69H2,1-3H3,(H,81,82)(H,83,84)/b10-7-,19-16-,24-21-,27-25-,30-29-,33-32-,41-26-. The van der Waals surface area contributed by atoms with Crippen LogP contribution in [0.2, 0.25) is 0 Å². The largest absolute Gasteiger partial charge is 0.472 e. The maximum Gasteiger partial charge on any atom is 0.472 e. The Labute approximate surface area is 565 Å². The number of allylic oxidation sites excluding steroid dienone is 14. The van der Waals surface area contributed by atoms with E-state index in [1.165, 1.54) is 122 Å². The van der Waals surface area contributed by atoms with Gasteiger partial charge in [0.05, 0.1) is 26.4 Å². The first kappa shape index (κ1) is 89.7. The second-order valence-electron chi connectivity index (χ2n) is 24.7. The van der Waals surface area contributed by atoms with Crippen LogP contribution in [0.25, 0.3) is 0 Å². The van der Waals surface area contributed by atoms with Crippen LogP contribution in [0, 0.1) is 0 Å². The summed E-state index contributed by atoms with van der Waals surface area (Å²) in [7, 11) is -9.77. The lowest BCUT2D eigenvalue weighted by atomic mass is 10.0.